The van der Waals surface area contributed by atoms with Gasteiger partial charge in [-0.25, -0.2) is 0 Å². The number of nitrogens with zero attached hydrogens (tertiary/aromatic N) is 2. The fourth-order valence-corrected chi connectivity index (χ4v) is 3.19. The van der Waals surface area contributed by atoms with Crippen molar-refractivity contribution < 1.29 is 9.26 Å². The first-order chi connectivity index (χ1) is 11.7. The minimum atomic E-state index is 0. The summed E-state index contributed by atoms with van der Waals surface area (Å²) >= 11 is 0. The Hall–Kier alpha value is -0.830. The number of halogens is 1. The van der Waals surface area contributed by atoms with Crippen LogP contribution < -0.4 is 10.6 Å². The fraction of sp³-hybridized carbons (Fsp3) is 0.778. The Kier molecular flexibility index (Phi) is 11.1. The number of ether oxygens (including phenoxy) is 1. The third kappa shape index (κ3) is 7.94. The van der Waals surface area contributed by atoms with Crippen molar-refractivity contribution in [3.63, 3.8) is 0 Å². The molecule has 0 saturated heterocycles. The van der Waals surface area contributed by atoms with Crippen LogP contribution in [0.3, 0.4) is 0 Å². The van der Waals surface area contributed by atoms with Gasteiger partial charge in [-0.05, 0) is 33.1 Å². The summed E-state index contributed by atoms with van der Waals surface area (Å²) in [5.74, 6) is 1.71. The molecule has 1 heterocycles. The lowest BCUT2D eigenvalue weighted by atomic mass is 10.1. The van der Waals surface area contributed by atoms with Crippen LogP contribution in [0.25, 0.3) is 0 Å². The number of nitrogens with one attached hydrogen (secondary N) is 2. The molecule has 0 aromatic carbocycles. The number of hydrogen-bond donors (Lipinski definition) is 2. The Morgan fingerprint density at radius 2 is 1.84 bits per heavy atom. The molecule has 0 bridgehead atoms. The van der Waals surface area contributed by atoms with Crippen LogP contribution in [-0.2, 0) is 11.2 Å². The van der Waals surface area contributed by atoms with Crippen LogP contribution in [0.4, 0.5) is 0 Å². The van der Waals surface area contributed by atoms with Crippen molar-refractivity contribution in [2.24, 2.45) is 4.99 Å². The summed E-state index contributed by atoms with van der Waals surface area (Å²) < 4.78 is 11.2. The van der Waals surface area contributed by atoms with Crippen molar-refractivity contribution in [1.29, 1.82) is 0 Å². The van der Waals surface area contributed by atoms with Gasteiger partial charge in [0.2, 0.25) is 0 Å². The number of hydrogen-bond acceptors (Lipinski definition) is 4. The normalized spacial score (nSPS) is 16.2. The maximum atomic E-state index is 5.99. The molecule has 7 heteroatoms. The average Bonchev–Trinajstić information content (AvgIpc) is 2.80. The molecule has 25 heavy (non-hydrogen) atoms. The molecular weight excluding hydrogens is 431 g/mol. The summed E-state index contributed by atoms with van der Waals surface area (Å²) in [6.07, 6.45) is 9.09. The van der Waals surface area contributed by atoms with Crippen LogP contribution in [-0.4, -0.2) is 44.0 Å². The molecule has 0 spiro atoms. The second-order valence-electron chi connectivity index (χ2n) is 6.46. The fourth-order valence-electron chi connectivity index (χ4n) is 3.19. The molecule has 1 saturated carbocycles. The van der Waals surface area contributed by atoms with Gasteiger partial charge < -0.3 is 19.9 Å². The van der Waals surface area contributed by atoms with Crippen LogP contribution in [0.5, 0.6) is 0 Å². The molecule has 0 aliphatic heterocycles. The van der Waals surface area contributed by atoms with Crippen LogP contribution >= 0.6 is 24.0 Å². The number of aryl methyl sites for hydroxylation is 2. The van der Waals surface area contributed by atoms with Gasteiger partial charge in [0, 0.05) is 25.7 Å². The van der Waals surface area contributed by atoms with Gasteiger partial charge in [0.1, 0.15) is 5.76 Å². The predicted octanol–water partition coefficient (Wildman–Crippen LogP) is 3.36. The van der Waals surface area contributed by atoms with E-state index in [4.69, 9.17) is 9.26 Å². The van der Waals surface area contributed by atoms with Crippen LogP contribution in [0, 0.1) is 13.8 Å². The van der Waals surface area contributed by atoms with Crippen LogP contribution in [0.1, 0.15) is 55.5 Å². The summed E-state index contributed by atoms with van der Waals surface area (Å²) in [5.41, 5.74) is 2.14. The minimum Gasteiger partial charge on any atom is -0.376 e. The van der Waals surface area contributed by atoms with E-state index in [0.29, 0.717) is 6.10 Å². The van der Waals surface area contributed by atoms with E-state index in [1.807, 2.05) is 13.8 Å². The third-order valence-corrected chi connectivity index (χ3v) is 4.62. The van der Waals surface area contributed by atoms with Crippen molar-refractivity contribution in [2.45, 2.75) is 64.9 Å². The maximum Gasteiger partial charge on any atom is 0.191 e. The Morgan fingerprint density at radius 3 is 2.44 bits per heavy atom. The molecule has 1 aromatic rings. The zero-order valence-corrected chi connectivity index (χ0v) is 18.1. The zero-order chi connectivity index (χ0) is 17.2. The highest BCUT2D eigenvalue weighted by molar-refractivity contribution is 14.0. The quantitative estimate of drug-likeness (QED) is 0.213. The zero-order valence-electron chi connectivity index (χ0n) is 15.8. The van der Waals surface area contributed by atoms with Gasteiger partial charge in [-0.1, -0.05) is 30.8 Å². The van der Waals surface area contributed by atoms with E-state index in [2.05, 4.69) is 20.8 Å². The topological polar surface area (TPSA) is 71.7 Å². The lowest BCUT2D eigenvalue weighted by Gasteiger charge is -2.16. The van der Waals surface area contributed by atoms with E-state index in [1.165, 1.54) is 44.1 Å². The maximum absolute atomic E-state index is 5.99. The number of aliphatic imine (C=N–C) groups is 1. The first-order valence-electron chi connectivity index (χ1n) is 9.18. The summed E-state index contributed by atoms with van der Waals surface area (Å²) in [7, 11) is 1.79. The van der Waals surface area contributed by atoms with E-state index in [0.717, 1.165) is 43.5 Å². The Bertz CT molecular complexity index is 492. The molecule has 2 rings (SSSR count). The van der Waals surface area contributed by atoms with Gasteiger partial charge in [-0.3, -0.25) is 4.99 Å². The van der Waals surface area contributed by atoms with Gasteiger partial charge in [0.25, 0.3) is 0 Å². The monoisotopic (exact) mass is 464 g/mol. The van der Waals surface area contributed by atoms with Crippen LogP contribution in [0.2, 0.25) is 0 Å². The lowest BCUT2D eigenvalue weighted by molar-refractivity contribution is 0.0468. The van der Waals surface area contributed by atoms with E-state index < -0.39 is 0 Å². The highest BCUT2D eigenvalue weighted by atomic mass is 127. The first kappa shape index (κ1) is 22.2. The lowest BCUT2D eigenvalue weighted by Crippen LogP contribution is -2.40. The smallest absolute Gasteiger partial charge is 0.191 e. The van der Waals surface area contributed by atoms with Crippen molar-refractivity contribution in [3.05, 3.63) is 17.0 Å². The summed E-state index contributed by atoms with van der Waals surface area (Å²) in [4.78, 5) is 4.25. The second-order valence-corrected chi connectivity index (χ2v) is 6.46. The second kappa shape index (κ2) is 12.5. The highest BCUT2D eigenvalue weighted by Gasteiger charge is 2.12. The molecule has 6 nitrogen and oxygen atoms in total. The number of rotatable bonds is 7. The highest BCUT2D eigenvalue weighted by Crippen LogP contribution is 2.19. The molecule has 1 aliphatic rings. The largest absolute Gasteiger partial charge is 0.376 e. The molecular formula is C18H33IN4O2. The standard InChI is InChI=1S/C18H32N4O2.HI/c1-14-17(15(2)24-22-14)10-11-20-18(19-3)21-12-13-23-16-8-6-4-5-7-9-16;/h16H,4-13H2,1-3H3,(H2,19,20,21);1H. The molecule has 0 unspecified atom stereocenters. The SMILES string of the molecule is CN=C(NCCOC1CCCCCC1)NCCc1c(C)noc1C.I. The Labute approximate surface area is 168 Å². The predicted molar refractivity (Wildman–Crippen MR) is 112 cm³/mol. The van der Waals surface area contributed by atoms with Gasteiger partial charge >= 0.3 is 0 Å². The van der Waals surface area contributed by atoms with Gasteiger partial charge in [0.15, 0.2) is 5.96 Å². The number of guanidine groups is 1. The average molecular weight is 464 g/mol. The molecule has 1 fully saturated rings. The van der Waals surface area contributed by atoms with E-state index in [1.54, 1.807) is 7.05 Å². The molecule has 0 atom stereocenters. The molecule has 144 valence electrons. The summed E-state index contributed by atoms with van der Waals surface area (Å²) in [6, 6.07) is 0. The molecule has 1 aromatic heterocycles. The third-order valence-electron chi connectivity index (χ3n) is 4.62. The van der Waals surface area contributed by atoms with E-state index in [-0.39, 0.29) is 24.0 Å². The molecule has 2 N–H and O–H groups in total. The number of aromatic nitrogens is 1. The van der Waals surface area contributed by atoms with E-state index in [9.17, 15) is 0 Å². The molecule has 0 amide bonds. The van der Waals surface area contributed by atoms with Crippen molar-refractivity contribution in [1.82, 2.24) is 15.8 Å². The Morgan fingerprint density at radius 1 is 1.16 bits per heavy atom. The van der Waals surface area contributed by atoms with Crippen molar-refractivity contribution in [3.8, 4) is 0 Å². The summed E-state index contributed by atoms with van der Waals surface area (Å²) in [5, 5.41) is 10.6. The Balaban J connectivity index is 0.00000312. The van der Waals surface area contributed by atoms with Gasteiger partial charge in [-0.2, -0.15) is 0 Å². The van der Waals surface area contributed by atoms with E-state index >= 15 is 0 Å². The molecule has 0 radical (unpaired) electrons. The first-order valence-corrected chi connectivity index (χ1v) is 9.18. The van der Waals surface area contributed by atoms with Gasteiger partial charge in [0.05, 0.1) is 18.4 Å². The van der Waals surface area contributed by atoms with Crippen LogP contribution in [0.15, 0.2) is 9.52 Å². The van der Waals surface area contributed by atoms with Crippen molar-refractivity contribution in [2.75, 3.05) is 26.7 Å². The van der Waals surface area contributed by atoms with Gasteiger partial charge in [-0.15, -0.1) is 24.0 Å². The summed E-state index contributed by atoms with van der Waals surface area (Å²) in [6.45, 7) is 6.24. The molecule has 1 aliphatic carbocycles. The minimum absolute atomic E-state index is 0. The van der Waals surface area contributed by atoms with Crippen molar-refractivity contribution >= 4 is 29.9 Å².